The zero-order chi connectivity index (χ0) is 14.0. The van der Waals surface area contributed by atoms with E-state index >= 15 is 0 Å². The number of nitrogen functional groups attached to an aromatic ring is 1. The molecule has 0 saturated heterocycles. The van der Waals surface area contributed by atoms with Gasteiger partial charge in [0.25, 0.3) is 0 Å². The predicted molar refractivity (Wildman–Crippen MR) is 77.5 cm³/mol. The second kappa shape index (κ2) is 5.34. The lowest BCUT2D eigenvalue weighted by Gasteiger charge is -2.11. The van der Waals surface area contributed by atoms with E-state index in [1.807, 2.05) is 13.1 Å². The lowest BCUT2D eigenvalue weighted by atomic mass is 10.1. The van der Waals surface area contributed by atoms with Gasteiger partial charge < -0.3 is 10.5 Å². The first-order valence-electron chi connectivity index (χ1n) is 6.46. The van der Waals surface area contributed by atoms with Crippen LogP contribution in [0.4, 0.5) is 5.82 Å². The van der Waals surface area contributed by atoms with Crippen LogP contribution in [0.25, 0.3) is 0 Å². The third-order valence-electron chi connectivity index (χ3n) is 3.37. The van der Waals surface area contributed by atoms with Crippen LogP contribution in [0.1, 0.15) is 22.4 Å². The van der Waals surface area contributed by atoms with E-state index in [1.165, 1.54) is 16.7 Å². The highest BCUT2D eigenvalue weighted by Gasteiger charge is 2.05. The van der Waals surface area contributed by atoms with Crippen LogP contribution in [0, 0.1) is 20.8 Å². The maximum absolute atomic E-state index is 5.84. The number of benzene rings is 1. The lowest BCUT2D eigenvalue weighted by molar-refractivity contribution is 0.317. The van der Waals surface area contributed by atoms with Crippen LogP contribution in [-0.2, 0) is 13.5 Å². The Hall–Kier alpha value is -1.97. The van der Waals surface area contributed by atoms with Gasteiger partial charge in [0.05, 0.1) is 12.3 Å². The number of aromatic nitrogens is 2. The van der Waals surface area contributed by atoms with Crippen molar-refractivity contribution in [3.8, 4) is 5.75 Å². The highest BCUT2D eigenvalue weighted by atomic mass is 16.5. The van der Waals surface area contributed by atoms with E-state index in [4.69, 9.17) is 10.5 Å². The van der Waals surface area contributed by atoms with Crippen molar-refractivity contribution in [1.82, 2.24) is 9.78 Å². The minimum Gasteiger partial charge on any atom is -0.493 e. The van der Waals surface area contributed by atoms with Crippen molar-refractivity contribution >= 4 is 5.82 Å². The van der Waals surface area contributed by atoms with Crippen molar-refractivity contribution in [2.75, 3.05) is 12.3 Å². The molecule has 1 aromatic heterocycles. The largest absolute Gasteiger partial charge is 0.493 e. The number of rotatable bonds is 4. The fourth-order valence-electron chi connectivity index (χ4n) is 2.02. The molecule has 0 spiro atoms. The van der Waals surface area contributed by atoms with Crippen molar-refractivity contribution in [2.24, 2.45) is 7.05 Å². The second-order valence-corrected chi connectivity index (χ2v) is 4.98. The summed E-state index contributed by atoms with van der Waals surface area (Å²) in [7, 11) is 1.84. The van der Waals surface area contributed by atoms with Crippen molar-refractivity contribution in [3.63, 3.8) is 0 Å². The van der Waals surface area contributed by atoms with Crippen LogP contribution >= 0.6 is 0 Å². The van der Waals surface area contributed by atoms with E-state index in [0.717, 1.165) is 17.9 Å². The van der Waals surface area contributed by atoms with Crippen LogP contribution < -0.4 is 10.5 Å². The molecular formula is C15H21N3O. The molecule has 0 saturated carbocycles. The van der Waals surface area contributed by atoms with Crippen molar-refractivity contribution in [3.05, 3.63) is 40.6 Å². The zero-order valence-electron chi connectivity index (χ0n) is 12.0. The van der Waals surface area contributed by atoms with Gasteiger partial charge in [-0.2, -0.15) is 5.10 Å². The monoisotopic (exact) mass is 259 g/mol. The van der Waals surface area contributed by atoms with Gasteiger partial charge in [-0.15, -0.1) is 0 Å². The summed E-state index contributed by atoms with van der Waals surface area (Å²) >= 11 is 0. The molecule has 4 heteroatoms. The Labute approximate surface area is 114 Å². The Morgan fingerprint density at radius 1 is 1.11 bits per heavy atom. The molecule has 0 fully saturated rings. The summed E-state index contributed by atoms with van der Waals surface area (Å²) in [6, 6.07) is 6.14. The maximum Gasteiger partial charge on any atom is 0.122 e. The van der Waals surface area contributed by atoms with E-state index < -0.39 is 0 Å². The minimum absolute atomic E-state index is 0.611. The topological polar surface area (TPSA) is 53.1 Å². The van der Waals surface area contributed by atoms with Crippen LogP contribution in [0.3, 0.4) is 0 Å². The average Bonchev–Trinajstić information content (AvgIpc) is 2.65. The summed E-state index contributed by atoms with van der Waals surface area (Å²) in [4.78, 5) is 0. The molecule has 0 unspecified atom stereocenters. The van der Waals surface area contributed by atoms with Gasteiger partial charge in [0.15, 0.2) is 0 Å². The smallest absolute Gasteiger partial charge is 0.122 e. The molecule has 102 valence electrons. The summed E-state index contributed by atoms with van der Waals surface area (Å²) in [5, 5.41) is 4.31. The second-order valence-electron chi connectivity index (χ2n) is 4.98. The summed E-state index contributed by atoms with van der Waals surface area (Å²) in [5.41, 5.74) is 10.4. The minimum atomic E-state index is 0.611. The first-order valence-corrected chi connectivity index (χ1v) is 6.46. The zero-order valence-corrected chi connectivity index (χ0v) is 12.0. The predicted octanol–water partition coefficient (Wildman–Crippen LogP) is 2.55. The molecule has 1 aromatic carbocycles. The SMILES string of the molecule is Cc1cc(C)c(OCCc2cc(N)n(C)n2)cc1C. The standard InChI is InChI=1S/C15H21N3O/c1-10-7-12(3)14(8-11(10)2)19-6-5-13-9-15(16)18(4)17-13/h7-9H,5-6,16H2,1-4H3. The number of aryl methyl sites for hydroxylation is 4. The Morgan fingerprint density at radius 3 is 2.42 bits per heavy atom. The van der Waals surface area contributed by atoms with Crippen LogP contribution in [0.2, 0.25) is 0 Å². The number of nitrogens with zero attached hydrogens (tertiary/aromatic N) is 2. The molecule has 0 aliphatic carbocycles. The third kappa shape index (κ3) is 3.08. The lowest BCUT2D eigenvalue weighted by Crippen LogP contribution is -2.04. The van der Waals surface area contributed by atoms with Gasteiger partial charge in [0.1, 0.15) is 11.6 Å². The van der Waals surface area contributed by atoms with E-state index in [1.54, 1.807) is 4.68 Å². The number of anilines is 1. The van der Waals surface area contributed by atoms with Crippen LogP contribution in [-0.4, -0.2) is 16.4 Å². The van der Waals surface area contributed by atoms with E-state index in [-0.39, 0.29) is 0 Å². The summed E-state index contributed by atoms with van der Waals surface area (Å²) in [6.07, 6.45) is 0.761. The van der Waals surface area contributed by atoms with Crippen LogP contribution in [0.15, 0.2) is 18.2 Å². The Morgan fingerprint density at radius 2 is 1.79 bits per heavy atom. The van der Waals surface area contributed by atoms with E-state index in [2.05, 4.69) is 38.0 Å². The van der Waals surface area contributed by atoms with E-state index in [0.29, 0.717) is 12.4 Å². The first-order chi connectivity index (χ1) is 8.97. The molecule has 0 atom stereocenters. The average molecular weight is 259 g/mol. The van der Waals surface area contributed by atoms with Gasteiger partial charge in [0.2, 0.25) is 0 Å². The molecule has 0 bridgehead atoms. The molecular weight excluding hydrogens is 238 g/mol. The summed E-state index contributed by atoms with van der Waals surface area (Å²) < 4.78 is 7.51. The fourth-order valence-corrected chi connectivity index (χ4v) is 2.02. The molecule has 1 heterocycles. The van der Waals surface area contributed by atoms with Gasteiger partial charge in [-0.25, -0.2) is 0 Å². The summed E-state index contributed by atoms with van der Waals surface area (Å²) in [6.45, 7) is 6.89. The molecule has 2 aromatic rings. The van der Waals surface area contributed by atoms with Crippen molar-refractivity contribution in [2.45, 2.75) is 27.2 Å². The quantitative estimate of drug-likeness (QED) is 0.918. The van der Waals surface area contributed by atoms with Gasteiger partial charge in [-0.3, -0.25) is 4.68 Å². The normalized spacial score (nSPS) is 10.7. The highest BCUT2D eigenvalue weighted by Crippen LogP contribution is 2.22. The molecule has 2 N–H and O–H groups in total. The maximum atomic E-state index is 5.84. The Kier molecular flexibility index (Phi) is 3.79. The van der Waals surface area contributed by atoms with Gasteiger partial charge in [-0.05, 0) is 43.5 Å². The fraction of sp³-hybridized carbons (Fsp3) is 0.400. The molecule has 0 aliphatic heterocycles. The molecule has 4 nitrogen and oxygen atoms in total. The van der Waals surface area contributed by atoms with E-state index in [9.17, 15) is 0 Å². The Balaban J connectivity index is 1.97. The number of hydrogen-bond donors (Lipinski definition) is 1. The highest BCUT2D eigenvalue weighted by molar-refractivity contribution is 5.40. The van der Waals surface area contributed by atoms with Gasteiger partial charge >= 0.3 is 0 Å². The number of hydrogen-bond acceptors (Lipinski definition) is 3. The number of ether oxygens (including phenoxy) is 1. The molecule has 19 heavy (non-hydrogen) atoms. The number of nitrogens with two attached hydrogens (primary N) is 1. The molecule has 2 rings (SSSR count). The van der Waals surface area contributed by atoms with Gasteiger partial charge in [-0.1, -0.05) is 6.07 Å². The molecule has 0 aliphatic rings. The Bertz CT molecular complexity index is 568. The molecule has 0 radical (unpaired) electrons. The molecule has 0 amide bonds. The summed E-state index contributed by atoms with van der Waals surface area (Å²) in [5.74, 6) is 1.63. The van der Waals surface area contributed by atoms with Crippen LogP contribution in [0.5, 0.6) is 5.75 Å². The third-order valence-corrected chi connectivity index (χ3v) is 3.37. The van der Waals surface area contributed by atoms with Crippen molar-refractivity contribution in [1.29, 1.82) is 0 Å². The first kappa shape index (κ1) is 13.5. The van der Waals surface area contributed by atoms with Gasteiger partial charge in [0, 0.05) is 19.5 Å². The van der Waals surface area contributed by atoms with Crippen molar-refractivity contribution < 1.29 is 4.74 Å².